The SMILES string of the molecule is CCOC(=S)C(C)C(=O)N(CC)CC. The maximum Gasteiger partial charge on any atom is 0.233 e. The van der Waals surface area contributed by atoms with Gasteiger partial charge in [0.15, 0.2) is 5.05 Å². The molecule has 0 rings (SSSR count). The van der Waals surface area contributed by atoms with Gasteiger partial charge in [-0.25, -0.2) is 0 Å². The first-order chi connectivity index (χ1) is 6.58. The van der Waals surface area contributed by atoms with Crippen molar-refractivity contribution in [2.45, 2.75) is 27.7 Å². The van der Waals surface area contributed by atoms with E-state index < -0.39 is 0 Å². The molecule has 0 bridgehead atoms. The molecule has 1 amide bonds. The Morgan fingerprint density at radius 3 is 2.21 bits per heavy atom. The van der Waals surface area contributed by atoms with E-state index in [1.54, 1.807) is 11.8 Å². The highest BCUT2D eigenvalue weighted by Crippen LogP contribution is 2.06. The van der Waals surface area contributed by atoms with Crippen LogP contribution in [0.4, 0.5) is 0 Å². The van der Waals surface area contributed by atoms with E-state index in [4.69, 9.17) is 17.0 Å². The highest BCUT2D eigenvalue weighted by atomic mass is 32.1. The maximum atomic E-state index is 11.8. The van der Waals surface area contributed by atoms with Crippen molar-refractivity contribution in [3.8, 4) is 0 Å². The molecular weight excluding hydrogens is 198 g/mol. The van der Waals surface area contributed by atoms with Gasteiger partial charge in [-0.15, -0.1) is 0 Å². The summed E-state index contributed by atoms with van der Waals surface area (Å²) in [6, 6.07) is 0. The predicted molar refractivity (Wildman–Crippen MR) is 61.3 cm³/mol. The van der Waals surface area contributed by atoms with Crippen molar-refractivity contribution in [3.63, 3.8) is 0 Å². The van der Waals surface area contributed by atoms with Gasteiger partial charge in [-0.05, 0) is 39.9 Å². The summed E-state index contributed by atoms with van der Waals surface area (Å²) in [4.78, 5) is 13.5. The van der Waals surface area contributed by atoms with Gasteiger partial charge in [0.2, 0.25) is 5.91 Å². The molecule has 0 aromatic heterocycles. The van der Waals surface area contributed by atoms with Crippen molar-refractivity contribution in [1.82, 2.24) is 4.90 Å². The molecule has 1 atom stereocenters. The molecule has 0 fully saturated rings. The Balaban J connectivity index is 4.29. The topological polar surface area (TPSA) is 29.5 Å². The average Bonchev–Trinajstić information content (AvgIpc) is 2.18. The standard InChI is InChI=1S/C10H19NO2S/c1-5-11(6-2)9(12)8(4)10(14)13-7-3/h8H,5-7H2,1-4H3. The van der Waals surface area contributed by atoms with Crippen LogP contribution in [0.1, 0.15) is 27.7 Å². The molecule has 0 saturated heterocycles. The van der Waals surface area contributed by atoms with Crippen LogP contribution in [0.5, 0.6) is 0 Å². The highest BCUT2D eigenvalue weighted by molar-refractivity contribution is 7.80. The number of hydrogen-bond donors (Lipinski definition) is 0. The summed E-state index contributed by atoms with van der Waals surface area (Å²) in [7, 11) is 0. The predicted octanol–water partition coefficient (Wildman–Crippen LogP) is 1.85. The van der Waals surface area contributed by atoms with Crippen molar-refractivity contribution in [2.24, 2.45) is 5.92 Å². The minimum atomic E-state index is -0.315. The molecule has 0 saturated carbocycles. The maximum absolute atomic E-state index is 11.8. The average molecular weight is 217 g/mol. The lowest BCUT2D eigenvalue weighted by Crippen LogP contribution is -2.38. The van der Waals surface area contributed by atoms with E-state index in [1.165, 1.54) is 0 Å². The molecule has 3 nitrogen and oxygen atoms in total. The summed E-state index contributed by atoms with van der Waals surface area (Å²) < 4.78 is 5.15. The van der Waals surface area contributed by atoms with Crippen molar-refractivity contribution < 1.29 is 9.53 Å². The molecule has 82 valence electrons. The van der Waals surface area contributed by atoms with Crippen LogP contribution >= 0.6 is 12.2 Å². The first-order valence-electron chi connectivity index (χ1n) is 5.03. The monoisotopic (exact) mass is 217 g/mol. The van der Waals surface area contributed by atoms with E-state index in [9.17, 15) is 4.79 Å². The summed E-state index contributed by atoms with van der Waals surface area (Å²) in [5.74, 6) is -0.265. The molecule has 0 heterocycles. The highest BCUT2D eigenvalue weighted by Gasteiger charge is 2.22. The summed E-state index contributed by atoms with van der Waals surface area (Å²) in [6.45, 7) is 9.52. The summed E-state index contributed by atoms with van der Waals surface area (Å²) in [5, 5.41) is 0.393. The van der Waals surface area contributed by atoms with Crippen molar-refractivity contribution >= 4 is 23.2 Å². The zero-order valence-electron chi connectivity index (χ0n) is 9.37. The van der Waals surface area contributed by atoms with E-state index in [2.05, 4.69) is 0 Å². The van der Waals surface area contributed by atoms with Gasteiger partial charge in [0.25, 0.3) is 0 Å². The third-order valence-corrected chi connectivity index (χ3v) is 2.56. The second-order valence-electron chi connectivity index (χ2n) is 2.98. The van der Waals surface area contributed by atoms with E-state index in [-0.39, 0.29) is 11.8 Å². The first-order valence-corrected chi connectivity index (χ1v) is 5.44. The van der Waals surface area contributed by atoms with Crippen LogP contribution in [0.15, 0.2) is 0 Å². The fraction of sp³-hybridized carbons (Fsp3) is 0.800. The minimum absolute atomic E-state index is 0.0495. The fourth-order valence-electron chi connectivity index (χ4n) is 1.18. The van der Waals surface area contributed by atoms with Gasteiger partial charge >= 0.3 is 0 Å². The molecule has 4 heteroatoms. The molecule has 0 aliphatic carbocycles. The number of nitrogens with zero attached hydrogens (tertiary/aromatic N) is 1. The molecule has 0 aromatic carbocycles. The third kappa shape index (κ3) is 3.62. The number of rotatable bonds is 5. The van der Waals surface area contributed by atoms with Crippen LogP contribution in [0.3, 0.4) is 0 Å². The zero-order chi connectivity index (χ0) is 11.1. The van der Waals surface area contributed by atoms with Crippen LogP contribution < -0.4 is 0 Å². The van der Waals surface area contributed by atoms with Crippen LogP contribution in [-0.2, 0) is 9.53 Å². The fourth-order valence-corrected chi connectivity index (χ4v) is 1.40. The van der Waals surface area contributed by atoms with Crippen molar-refractivity contribution in [3.05, 3.63) is 0 Å². The lowest BCUT2D eigenvalue weighted by atomic mass is 10.1. The molecule has 14 heavy (non-hydrogen) atoms. The zero-order valence-corrected chi connectivity index (χ0v) is 10.2. The Labute approximate surface area is 91.4 Å². The Bertz CT molecular complexity index is 202. The Hall–Kier alpha value is -0.640. The van der Waals surface area contributed by atoms with E-state index >= 15 is 0 Å². The number of carbonyl (C=O) groups excluding carboxylic acids is 1. The van der Waals surface area contributed by atoms with Crippen LogP contribution in [0.2, 0.25) is 0 Å². The number of ether oxygens (including phenoxy) is 1. The lowest BCUT2D eigenvalue weighted by Gasteiger charge is -2.22. The molecule has 0 aromatic rings. The normalized spacial score (nSPS) is 12.0. The van der Waals surface area contributed by atoms with Crippen molar-refractivity contribution in [1.29, 1.82) is 0 Å². The Morgan fingerprint density at radius 1 is 1.36 bits per heavy atom. The Kier molecular flexibility index (Phi) is 6.45. The van der Waals surface area contributed by atoms with Gasteiger partial charge < -0.3 is 9.64 Å². The Morgan fingerprint density at radius 2 is 1.86 bits per heavy atom. The third-order valence-electron chi connectivity index (χ3n) is 2.09. The molecule has 0 N–H and O–H groups in total. The van der Waals surface area contributed by atoms with E-state index in [0.717, 1.165) is 0 Å². The van der Waals surface area contributed by atoms with Crippen LogP contribution in [-0.4, -0.2) is 35.6 Å². The van der Waals surface area contributed by atoms with Gasteiger partial charge in [0.05, 0.1) is 6.61 Å². The minimum Gasteiger partial charge on any atom is -0.487 e. The second-order valence-corrected chi connectivity index (χ2v) is 3.39. The second kappa shape index (κ2) is 6.76. The quantitative estimate of drug-likeness (QED) is 0.658. The van der Waals surface area contributed by atoms with E-state index in [0.29, 0.717) is 24.7 Å². The largest absolute Gasteiger partial charge is 0.487 e. The summed E-state index contributed by atoms with van der Waals surface area (Å²) in [6.07, 6.45) is 0. The van der Waals surface area contributed by atoms with Crippen LogP contribution in [0.25, 0.3) is 0 Å². The van der Waals surface area contributed by atoms with Gasteiger partial charge in [-0.1, -0.05) is 0 Å². The van der Waals surface area contributed by atoms with Gasteiger partial charge in [-0.2, -0.15) is 0 Å². The van der Waals surface area contributed by atoms with Gasteiger partial charge in [0.1, 0.15) is 5.92 Å². The summed E-state index contributed by atoms with van der Waals surface area (Å²) in [5.41, 5.74) is 0. The molecule has 0 aliphatic rings. The number of carbonyl (C=O) groups is 1. The molecule has 0 spiro atoms. The smallest absolute Gasteiger partial charge is 0.233 e. The van der Waals surface area contributed by atoms with Crippen LogP contribution in [0, 0.1) is 5.92 Å². The number of thiocarbonyl (C=S) groups is 1. The summed E-state index contributed by atoms with van der Waals surface area (Å²) >= 11 is 5.00. The molecule has 0 radical (unpaired) electrons. The first kappa shape index (κ1) is 13.4. The van der Waals surface area contributed by atoms with E-state index in [1.807, 2.05) is 20.8 Å². The molecule has 1 unspecified atom stereocenters. The number of amides is 1. The van der Waals surface area contributed by atoms with Gasteiger partial charge in [-0.3, -0.25) is 4.79 Å². The van der Waals surface area contributed by atoms with Gasteiger partial charge in [0, 0.05) is 13.1 Å². The van der Waals surface area contributed by atoms with Crippen molar-refractivity contribution in [2.75, 3.05) is 19.7 Å². The molecular formula is C10H19NO2S. The molecule has 0 aliphatic heterocycles. The lowest BCUT2D eigenvalue weighted by molar-refractivity contribution is -0.132. The number of hydrogen-bond acceptors (Lipinski definition) is 3.